The van der Waals surface area contributed by atoms with Gasteiger partial charge < -0.3 is 4.74 Å². The van der Waals surface area contributed by atoms with E-state index in [1.807, 2.05) is 0 Å². The molecule has 0 bridgehead atoms. The van der Waals surface area contributed by atoms with Gasteiger partial charge in [-0.2, -0.15) is 0 Å². The minimum absolute atomic E-state index is 0.152. The maximum Gasteiger partial charge on any atom is 0.331 e. The number of carbonyl (C=O) groups is 1. The molecule has 0 spiro atoms. The average Bonchev–Trinajstić information content (AvgIpc) is 2.86. The lowest BCUT2D eigenvalue weighted by molar-refractivity contribution is 0.0994. The molecule has 3 rings (SSSR count). The van der Waals surface area contributed by atoms with Crippen molar-refractivity contribution in [3.63, 3.8) is 0 Å². The van der Waals surface area contributed by atoms with E-state index in [2.05, 4.69) is 0 Å². The Hall–Kier alpha value is -2.63. The number of hydrogen-bond donors (Lipinski definition) is 0. The molecule has 0 amide bonds. The fourth-order valence-corrected chi connectivity index (χ4v) is 2.46. The molecule has 0 atom stereocenters. The normalized spacial score (nSPS) is 13.3. The number of benzene rings is 1. The van der Waals surface area contributed by atoms with E-state index in [4.69, 9.17) is 4.74 Å². The molecule has 0 radical (unpaired) electrons. The van der Waals surface area contributed by atoms with Crippen molar-refractivity contribution >= 4 is 5.78 Å². The van der Waals surface area contributed by atoms with Crippen molar-refractivity contribution in [2.45, 2.75) is 19.5 Å². The number of ether oxygens (including phenoxy) is 1. The fraction of sp³-hybridized carbons (Fsp3) is 0.267. The Balaban J connectivity index is 2.01. The Kier molecular flexibility index (Phi) is 3.21. The second kappa shape index (κ2) is 5.05. The molecular formula is C15H14N2O4. The van der Waals surface area contributed by atoms with Crippen LogP contribution in [-0.2, 0) is 13.1 Å². The Morgan fingerprint density at radius 3 is 2.52 bits per heavy atom. The summed E-state index contributed by atoms with van der Waals surface area (Å²) < 4.78 is 7.58. The van der Waals surface area contributed by atoms with E-state index in [0.29, 0.717) is 12.3 Å². The monoisotopic (exact) mass is 286 g/mol. The van der Waals surface area contributed by atoms with E-state index in [1.165, 1.54) is 10.6 Å². The van der Waals surface area contributed by atoms with Crippen LogP contribution in [0.2, 0.25) is 0 Å². The van der Waals surface area contributed by atoms with Crippen LogP contribution >= 0.6 is 0 Å². The van der Waals surface area contributed by atoms with Crippen LogP contribution in [0.1, 0.15) is 22.5 Å². The third-order valence-corrected chi connectivity index (χ3v) is 3.63. The molecule has 21 heavy (non-hydrogen) atoms. The van der Waals surface area contributed by atoms with E-state index in [0.717, 1.165) is 10.1 Å². The fourth-order valence-electron chi connectivity index (χ4n) is 2.46. The van der Waals surface area contributed by atoms with Gasteiger partial charge in [0.25, 0.3) is 5.56 Å². The molecule has 1 aromatic heterocycles. The molecule has 0 aliphatic carbocycles. The summed E-state index contributed by atoms with van der Waals surface area (Å²) in [5.74, 6) is 0.558. The van der Waals surface area contributed by atoms with Gasteiger partial charge in [-0.15, -0.1) is 0 Å². The highest BCUT2D eigenvalue weighted by molar-refractivity contribution is 5.96. The molecular weight excluding hydrogens is 272 g/mol. The van der Waals surface area contributed by atoms with Crippen LogP contribution in [0.25, 0.3) is 0 Å². The first-order chi connectivity index (χ1) is 10.1. The molecule has 0 N–H and O–H groups in total. The highest BCUT2D eigenvalue weighted by atomic mass is 16.5. The lowest BCUT2D eigenvalue weighted by Crippen LogP contribution is -2.40. The Bertz CT molecular complexity index is 815. The maximum atomic E-state index is 12.3. The molecule has 0 saturated carbocycles. The molecule has 0 unspecified atom stereocenters. The Morgan fingerprint density at radius 2 is 1.86 bits per heavy atom. The minimum Gasteiger partial charge on any atom is -0.497 e. The number of Topliss-reactive ketones (excluding diaryl/α,β-unsaturated/α-hetero) is 1. The third kappa shape index (κ3) is 2.29. The van der Waals surface area contributed by atoms with E-state index in [-0.39, 0.29) is 24.4 Å². The first-order valence-corrected chi connectivity index (χ1v) is 6.61. The Labute approximate surface area is 120 Å². The summed E-state index contributed by atoms with van der Waals surface area (Å²) in [6, 6.07) is 8.39. The van der Waals surface area contributed by atoms with Crippen LogP contribution < -0.4 is 16.0 Å². The number of nitrogens with zero attached hydrogens (tertiary/aromatic N) is 2. The average molecular weight is 286 g/mol. The standard InChI is InChI=1S/C15H14N2O4/c1-21-11-4-2-10(3-5-11)9-17-14(19)8-12-13(18)6-7-16(12)15(17)20/h2-5,8H,6-7,9H2,1H3. The quantitative estimate of drug-likeness (QED) is 0.831. The van der Waals surface area contributed by atoms with Crippen LogP contribution in [0, 0.1) is 0 Å². The molecule has 2 aromatic rings. The first kappa shape index (κ1) is 13.4. The number of fused-ring (bicyclic) bond motifs is 1. The summed E-state index contributed by atoms with van der Waals surface area (Å²) in [5, 5.41) is 0. The highest BCUT2D eigenvalue weighted by Crippen LogP contribution is 2.12. The van der Waals surface area contributed by atoms with Crippen LogP contribution in [0.5, 0.6) is 5.75 Å². The van der Waals surface area contributed by atoms with Gasteiger partial charge in [-0.1, -0.05) is 12.1 Å². The van der Waals surface area contributed by atoms with E-state index < -0.39 is 11.2 Å². The number of carbonyl (C=O) groups excluding carboxylic acids is 1. The second-order valence-electron chi connectivity index (χ2n) is 4.91. The lowest BCUT2D eigenvalue weighted by Gasteiger charge is -2.09. The van der Waals surface area contributed by atoms with Crippen molar-refractivity contribution in [3.05, 3.63) is 62.4 Å². The van der Waals surface area contributed by atoms with Crippen LogP contribution in [0.4, 0.5) is 0 Å². The molecule has 0 saturated heterocycles. The minimum atomic E-state index is -0.447. The van der Waals surface area contributed by atoms with Gasteiger partial charge in [0.1, 0.15) is 5.75 Å². The van der Waals surface area contributed by atoms with Gasteiger partial charge in [0.2, 0.25) is 0 Å². The summed E-state index contributed by atoms with van der Waals surface area (Å²) in [7, 11) is 1.57. The predicted molar refractivity (Wildman–Crippen MR) is 76.0 cm³/mol. The van der Waals surface area contributed by atoms with Crippen molar-refractivity contribution in [1.29, 1.82) is 0 Å². The lowest BCUT2D eigenvalue weighted by atomic mass is 10.2. The summed E-state index contributed by atoms with van der Waals surface area (Å²) in [5.41, 5.74) is 0.160. The zero-order valence-corrected chi connectivity index (χ0v) is 11.5. The van der Waals surface area contributed by atoms with Crippen molar-refractivity contribution in [2.75, 3.05) is 7.11 Å². The van der Waals surface area contributed by atoms with Gasteiger partial charge in [0, 0.05) is 19.0 Å². The molecule has 1 aromatic carbocycles. The van der Waals surface area contributed by atoms with Crippen molar-refractivity contribution in [1.82, 2.24) is 9.13 Å². The Morgan fingerprint density at radius 1 is 1.14 bits per heavy atom. The zero-order chi connectivity index (χ0) is 15.0. The van der Waals surface area contributed by atoms with Crippen LogP contribution in [-0.4, -0.2) is 22.0 Å². The maximum absolute atomic E-state index is 12.3. The van der Waals surface area contributed by atoms with Crippen LogP contribution in [0.3, 0.4) is 0 Å². The molecule has 2 heterocycles. The van der Waals surface area contributed by atoms with Gasteiger partial charge in [0.15, 0.2) is 5.78 Å². The first-order valence-electron chi connectivity index (χ1n) is 6.61. The number of rotatable bonds is 3. The topological polar surface area (TPSA) is 70.3 Å². The van der Waals surface area contributed by atoms with Gasteiger partial charge >= 0.3 is 5.69 Å². The third-order valence-electron chi connectivity index (χ3n) is 3.63. The van der Waals surface area contributed by atoms with Gasteiger partial charge in [-0.25, -0.2) is 4.79 Å². The molecule has 0 fully saturated rings. The van der Waals surface area contributed by atoms with E-state index >= 15 is 0 Å². The summed E-state index contributed by atoms with van der Waals surface area (Å²) >= 11 is 0. The zero-order valence-electron chi connectivity index (χ0n) is 11.5. The number of methoxy groups -OCH3 is 1. The second-order valence-corrected chi connectivity index (χ2v) is 4.91. The predicted octanol–water partition coefficient (Wildman–Crippen LogP) is 0.653. The van der Waals surface area contributed by atoms with E-state index in [9.17, 15) is 14.4 Å². The smallest absolute Gasteiger partial charge is 0.331 e. The molecule has 6 heteroatoms. The summed E-state index contributed by atoms with van der Waals surface area (Å²) in [4.78, 5) is 35.9. The van der Waals surface area contributed by atoms with Crippen molar-refractivity contribution in [2.24, 2.45) is 0 Å². The van der Waals surface area contributed by atoms with E-state index in [1.54, 1.807) is 31.4 Å². The van der Waals surface area contributed by atoms with Crippen LogP contribution in [0.15, 0.2) is 39.9 Å². The SMILES string of the molecule is COc1ccc(Cn2c(=O)cc3n(c2=O)CCC3=O)cc1. The van der Waals surface area contributed by atoms with Gasteiger partial charge in [-0.05, 0) is 17.7 Å². The number of ketones is 1. The number of aromatic nitrogens is 2. The largest absolute Gasteiger partial charge is 0.497 e. The summed E-state index contributed by atoms with van der Waals surface area (Å²) in [6.45, 7) is 0.520. The van der Waals surface area contributed by atoms with Gasteiger partial charge in [-0.3, -0.25) is 18.7 Å². The molecule has 1 aliphatic heterocycles. The molecule has 6 nitrogen and oxygen atoms in total. The van der Waals surface area contributed by atoms with Crippen molar-refractivity contribution < 1.29 is 9.53 Å². The molecule has 108 valence electrons. The molecule has 1 aliphatic rings. The van der Waals surface area contributed by atoms with Crippen molar-refractivity contribution in [3.8, 4) is 5.75 Å². The van der Waals surface area contributed by atoms with Gasteiger partial charge in [0.05, 0.1) is 19.3 Å². The summed E-state index contributed by atoms with van der Waals surface area (Å²) in [6.07, 6.45) is 0.279. The number of hydrogen-bond acceptors (Lipinski definition) is 4. The highest BCUT2D eigenvalue weighted by Gasteiger charge is 2.23.